The number of ketones is 1. The molecule has 0 aliphatic carbocycles. The van der Waals surface area contributed by atoms with E-state index in [1.165, 1.54) is 23.0 Å². The molecule has 1 aliphatic heterocycles. The van der Waals surface area contributed by atoms with Gasteiger partial charge in [0, 0.05) is 43.2 Å². The lowest BCUT2D eigenvalue weighted by molar-refractivity contribution is -0.133. The van der Waals surface area contributed by atoms with E-state index in [1.807, 2.05) is 31.3 Å². The molecule has 3 aromatic rings. The van der Waals surface area contributed by atoms with Gasteiger partial charge >= 0.3 is 0 Å². The number of hydrogen-bond donors (Lipinski definition) is 2. The van der Waals surface area contributed by atoms with Gasteiger partial charge in [-0.25, -0.2) is 4.98 Å². The van der Waals surface area contributed by atoms with E-state index in [-0.39, 0.29) is 35.1 Å². The van der Waals surface area contributed by atoms with Gasteiger partial charge in [-0.05, 0) is 44.0 Å². The van der Waals surface area contributed by atoms with Crippen molar-refractivity contribution in [2.45, 2.75) is 38.8 Å². The molecular formula is C27H30N6O3. The van der Waals surface area contributed by atoms with E-state index in [1.54, 1.807) is 24.1 Å². The molecule has 186 valence electrons. The van der Waals surface area contributed by atoms with Crippen molar-refractivity contribution in [2.24, 2.45) is 0 Å². The average molecular weight is 487 g/mol. The number of pyridine rings is 1. The van der Waals surface area contributed by atoms with Gasteiger partial charge < -0.3 is 20.2 Å². The summed E-state index contributed by atoms with van der Waals surface area (Å²) in [6.45, 7) is 3.87. The van der Waals surface area contributed by atoms with Gasteiger partial charge in [0.1, 0.15) is 11.7 Å². The Labute approximate surface area is 209 Å². The van der Waals surface area contributed by atoms with Crippen LogP contribution in [0.5, 0.6) is 0 Å². The summed E-state index contributed by atoms with van der Waals surface area (Å²) in [4.78, 5) is 48.6. The molecule has 1 aliphatic rings. The summed E-state index contributed by atoms with van der Waals surface area (Å²) in [5.74, 6) is -0.404. The molecule has 0 saturated carbocycles. The summed E-state index contributed by atoms with van der Waals surface area (Å²) in [5.41, 5.74) is 2.82. The Morgan fingerprint density at radius 3 is 2.50 bits per heavy atom. The molecule has 1 atom stereocenters. The molecule has 2 N–H and O–H groups in total. The van der Waals surface area contributed by atoms with Gasteiger partial charge in [-0.2, -0.15) is 0 Å². The molecule has 1 unspecified atom stereocenters. The van der Waals surface area contributed by atoms with Crippen LogP contribution in [-0.2, 0) is 11.3 Å². The minimum absolute atomic E-state index is 0.0840. The fourth-order valence-corrected chi connectivity index (χ4v) is 4.30. The fourth-order valence-electron chi connectivity index (χ4n) is 4.30. The van der Waals surface area contributed by atoms with Crippen LogP contribution >= 0.6 is 0 Å². The molecule has 1 saturated heterocycles. The molecule has 0 spiro atoms. The molecule has 0 bridgehead atoms. The maximum absolute atomic E-state index is 12.9. The molecule has 9 heteroatoms. The maximum Gasteiger partial charge on any atom is 0.251 e. The van der Waals surface area contributed by atoms with Gasteiger partial charge in [-0.3, -0.25) is 19.4 Å². The van der Waals surface area contributed by atoms with E-state index in [4.69, 9.17) is 5.41 Å². The topological polar surface area (TPSA) is 121 Å². The predicted molar refractivity (Wildman–Crippen MR) is 137 cm³/mol. The highest BCUT2D eigenvalue weighted by molar-refractivity contribution is 6.14. The zero-order valence-electron chi connectivity index (χ0n) is 20.5. The van der Waals surface area contributed by atoms with E-state index in [0.29, 0.717) is 29.9 Å². The summed E-state index contributed by atoms with van der Waals surface area (Å²) in [7, 11) is 1.87. The first-order chi connectivity index (χ1) is 17.4. The second-order valence-electron chi connectivity index (χ2n) is 8.97. The van der Waals surface area contributed by atoms with Gasteiger partial charge in [0.15, 0.2) is 5.78 Å². The standard InChI is InChI=1S/C27H30N6O3/c1-18(27(36)32-11-3-4-12-32)33-17-21(9-10-26(33)35)23-15-30-16-24(31-23)25(34)13-22(28)20-7-5-19(6-8-20)14-29-2/h5-10,15-18,28-29H,3-4,11-14H2,1-2H3. The van der Waals surface area contributed by atoms with Gasteiger partial charge in [0.05, 0.1) is 24.5 Å². The maximum atomic E-state index is 12.9. The molecular weight excluding hydrogens is 456 g/mol. The fraction of sp³-hybridized carbons (Fsp3) is 0.333. The van der Waals surface area contributed by atoms with Gasteiger partial charge in [0.2, 0.25) is 5.91 Å². The quantitative estimate of drug-likeness (QED) is 0.354. The molecule has 1 amide bonds. The highest BCUT2D eigenvalue weighted by atomic mass is 16.2. The molecule has 1 fully saturated rings. The number of rotatable bonds is 9. The predicted octanol–water partition coefficient (Wildman–Crippen LogP) is 2.85. The molecule has 2 aromatic heterocycles. The zero-order chi connectivity index (χ0) is 25.7. The molecule has 9 nitrogen and oxygen atoms in total. The van der Waals surface area contributed by atoms with Crippen molar-refractivity contribution in [2.75, 3.05) is 20.1 Å². The van der Waals surface area contributed by atoms with Crippen molar-refractivity contribution in [1.29, 1.82) is 5.41 Å². The first-order valence-corrected chi connectivity index (χ1v) is 12.1. The monoisotopic (exact) mass is 486 g/mol. The molecule has 3 heterocycles. The Morgan fingerprint density at radius 2 is 1.81 bits per heavy atom. The number of benzene rings is 1. The summed E-state index contributed by atoms with van der Waals surface area (Å²) >= 11 is 0. The van der Waals surface area contributed by atoms with Crippen LogP contribution in [-0.4, -0.2) is 57.0 Å². The number of likely N-dealkylation sites (tertiary alicyclic amines) is 1. The van der Waals surface area contributed by atoms with Crippen LogP contribution in [0.2, 0.25) is 0 Å². The number of amides is 1. The molecule has 4 rings (SSSR count). The van der Waals surface area contributed by atoms with Gasteiger partial charge in [-0.1, -0.05) is 24.3 Å². The Morgan fingerprint density at radius 1 is 1.08 bits per heavy atom. The number of carbonyl (C=O) groups is 2. The minimum Gasteiger partial charge on any atom is -0.341 e. The highest BCUT2D eigenvalue weighted by Gasteiger charge is 2.25. The van der Waals surface area contributed by atoms with Crippen molar-refractivity contribution in [1.82, 2.24) is 24.8 Å². The van der Waals surface area contributed by atoms with E-state index in [0.717, 1.165) is 24.9 Å². The Bertz CT molecular complexity index is 1330. The van der Waals surface area contributed by atoms with E-state index < -0.39 is 6.04 Å². The first kappa shape index (κ1) is 25.1. The van der Waals surface area contributed by atoms with Crippen molar-refractivity contribution < 1.29 is 9.59 Å². The number of hydrogen-bond acceptors (Lipinski definition) is 7. The zero-order valence-corrected chi connectivity index (χ0v) is 20.5. The Hall–Kier alpha value is -3.98. The smallest absolute Gasteiger partial charge is 0.251 e. The minimum atomic E-state index is -0.645. The first-order valence-electron chi connectivity index (χ1n) is 12.1. The highest BCUT2D eigenvalue weighted by Crippen LogP contribution is 2.19. The third kappa shape index (κ3) is 5.63. The number of aromatic nitrogens is 3. The van der Waals surface area contributed by atoms with E-state index in [9.17, 15) is 14.4 Å². The van der Waals surface area contributed by atoms with Crippen LogP contribution in [0.4, 0.5) is 0 Å². The number of nitrogens with zero attached hydrogens (tertiary/aromatic N) is 4. The molecule has 36 heavy (non-hydrogen) atoms. The number of nitrogens with one attached hydrogen (secondary N) is 2. The van der Waals surface area contributed by atoms with Crippen molar-refractivity contribution in [3.63, 3.8) is 0 Å². The van der Waals surface area contributed by atoms with E-state index >= 15 is 0 Å². The SMILES string of the molecule is CNCc1ccc(C(=N)CC(=O)c2cncc(-c3ccc(=O)n(C(C)C(=O)N4CCCC4)c3)n2)cc1. The van der Waals surface area contributed by atoms with Gasteiger partial charge in [0.25, 0.3) is 5.56 Å². The van der Waals surface area contributed by atoms with E-state index in [2.05, 4.69) is 15.3 Å². The van der Waals surface area contributed by atoms with Crippen LogP contribution in [0.25, 0.3) is 11.3 Å². The van der Waals surface area contributed by atoms with Crippen LogP contribution in [0.1, 0.15) is 53.8 Å². The average Bonchev–Trinajstić information content (AvgIpc) is 3.44. The largest absolute Gasteiger partial charge is 0.341 e. The third-order valence-electron chi connectivity index (χ3n) is 6.37. The van der Waals surface area contributed by atoms with Crippen molar-refractivity contribution >= 4 is 17.4 Å². The summed E-state index contributed by atoms with van der Waals surface area (Å²) in [6.07, 6.45) is 6.33. The third-order valence-corrected chi connectivity index (χ3v) is 6.37. The normalized spacial score (nSPS) is 14.0. The lowest BCUT2D eigenvalue weighted by Gasteiger charge is -2.22. The Balaban J connectivity index is 1.51. The number of Topliss-reactive ketones (excluding diaryl/α,β-unsaturated/α-hetero) is 1. The summed E-state index contributed by atoms with van der Waals surface area (Å²) in [5, 5.41) is 11.4. The summed E-state index contributed by atoms with van der Waals surface area (Å²) < 4.78 is 1.40. The second-order valence-corrected chi connectivity index (χ2v) is 8.97. The second kappa shape index (κ2) is 11.2. The molecule has 1 aromatic carbocycles. The van der Waals surface area contributed by atoms with Crippen molar-refractivity contribution in [3.05, 3.63) is 82.2 Å². The summed E-state index contributed by atoms with van der Waals surface area (Å²) in [6, 6.07) is 9.88. The van der Waals surface area contributed by atoms with Crippen molar-refractivity contribution in [3.8, 4) is 11.3 Å². The van der Waals surface area contributed by atoms with Crippen LogP contribution in [0, 0.1) is 5.41 Å². The Kier molecular flexibility index (Phi) is 7.80. The lowest BCUT2D eigenvalue weighted by Crippen LogP contribution is -2.37. The number of carbonyl (C=O) groups excluding carboxylic acids is 2. The van der Waals surface area contributed by atoms with Crippen LogP contribution < -0.4 is 10.9 Å². The molecule has 0 radical (unpaired) electrons. The van der Waals surface area contributed by atoms with Crippen LogP contribution in [0.15, 0.2) is 59.8 Å². The van der Waals surface area contributed by atoms with Crippen LogP contribution in [0.3, 0.4) is 0 Å². The van der Waals surface area contributed by atoms with Gasteiger partial charge in [-0.15, -0.1) is 0 Å². The lowest BCUT2D eigenvalue weighted by atomic mass is 10.0.